The molecule has 1 aromatic rings. The van der Waals surface area contributed by atoms with Crippen molar-refractivity contribution in [2.24, 2.45) is 0 Å². The lowest BCUT2D eigenvalue weighted by Gasteiger charge is -2.28. The average molecular weight is 248 g/mol. The molecule has 1 heterocycles. The van der Waals surface area contributed by atoms with E-state index in [4.69, 9.17) is 5.11 Å². The van der Waals surface area contributed by atoms with Crippen molar-refractivity contribution in [3.63, 3.8) is 0 Å². The van der Waals surface area contributed by atoms with Gasteiger partial charge in [0.2, 0.25) is 5.91 Å². The van der Waals surface area contributed by atoms with Crippen LogP contribution < -0.4 is 9.80 Å². The Hall–Kier alpha value is -1.55. The second-order valence-electron chi connectivity index (χ2n) is 4.76. The maximum Gasteiger partial charge on any atom is 0.227 e. The van der Waals surface area contributed by atoms with Crippen molar-refractivity contribution in [1.82, 2.24) is 0 Å². The fourth-order valence-corrected chi connectivity index (χ4v) is 2.32. The van der Waals surface area contributed by atoms with E-state index >= 15 is 0 Å². The Kier molecular flexibility index (Phi) is 3.87. The van der Waals surface area contributed by atoms with E-state index in [2.05, 4.69) is 11.0 Å². The number of benzene rings is 1. The standard InChI is InChI=1S/C14H20N2O2/c1-15(8-3-9-17)12-5-6-13-11(10-12)4-7-14(18)16(13)2/h5-6,10,17H,3-4,7-9H2,1-2H3. The number of aryl methyl sites for hydroxylation is 1. The summed E-state index contributed by atoms with van der Waals surface area (Å²) >= 11 is 0. The van der Waals surface area contributed by atoms with E-state index in [0.717, 1.165) is 30.8 Å². The fraction of sp³-hybridized carbons (Fsp3) is 0.500. The molecule has 98 valence electrons. The Morgan fingerprint density at radius 1 is 1.39 bits per heavy atom. The van der Waals surface area contributed by atoms with E-state index in [9.17, 15) is 4.79 Å². The van der Waals surface area contributed by atoms with Crippen LogP contribution in [0.25, 0.3) is 0 Å². The van der Waals surface area contributed by atoms with Gasteiger partial charge < -0.3 is 14.9 Å². The summed E-state index contributed by atoms with van der Waals surface area (Å²) in [4.78, 5) is 15.5. The minimum Gasteiger partial charge on any atom is -0.396 e. The zero-order valence-corrected chi connectivity index (χ0v) is 11.0. The Labute approximate surface area is 108 Å². The molecule has 0 saturated heterocycles. The highest BCUT2D eigenvalue weighted by Crippen LogP contribution is 2.30. The average Bonchev–Trinajstić information content (AvgIpc) is 2.40. The zero-order valence-electron chi connectivity index (χ0n) is 11.0. The number of aliphatic hydroxyl groups is 1. The van der Waals surface area contributed by atoms with Crippen molar-refractivity contribution in [2.45, 2.75) is 19.3 Å². The van der Waals surface area contributed by atoms with Crippen molar-refractivity contribution in [2.75, 3.05) is 37.0 Å². The Morgan fingerprint density at radius 3 is 2.89 bits per heavy atom. The minimum atomic E-state index is 0.184. The normalized spacial score (nSPS) is 14.6. The summed E-state index contributed by atoms with van der Waals surface area (Å²) in [5.41, 5.74) is 3.39. The summed E-state index contributed by atoms with van der Waals surface area (Å²) in [6.45, 7) is 1.05. The summed E-state index contributed by atoms with van der Waals surface area (Å²) in [6.07, 6.45) is 2.18. The summed E-state index contributed by atoms with van der Waals surface area (Å²) in [7, 11) is 3.85. The second-order valence-corrected chi connectivity index (χ2v) is 4.76. The Morgan fingerprint density at radius 2 is 2.17 bits per heavy atom. The van der Waals surface area contributed by atoms with Gasteiger partial charge in [0.25, 0.3) is 0 Å². The van der Waals surface area contributed by atoms with E-state index in [0.29, 0.717) is 6.42 Å². The van der Waals surface area contributed by atoms with Gasteiger partial charge in [-0.2, -0.15) is 0 Å². The summed E-state index contributed by atoms with van der Waals surface area (Å²) in [5, 5.41) is 8.85. The minimum absolute atomic E-state index is 0.184. The molecule has 0 saturated carbocycles. The molecule has 0 atom stereocenters. The molecule has 4 nitrogen and oxygen atoms in total. The molecule has 0 bridgehead atoms. The predicted molar refractivity (Wildman–Crippen MR) is 73.1 cm³/mol. The van der Waals surface area contributed by atoms with Crippen LogP contribution in [0.2, 0.25) is 0 Å². The topological polar surface area (TPSA) is 43.8 Å². The molecular weight excluding hydrogens is 228 g/mol. The second kappa shape index (κ2) is 5.40. The quantitative estimate of drug-likeness (QED) is 0.876. The first-order chi connectivity index (χ1) is 8.63. The third kappa shape index (κ3) is 2.48. The van der Waals surface area contributed by atoms with Crippen LogP contribution in [0.15, 0.2) is 18.2 Å². The van der Waals surface area contributed by atoms with Crippen molar-refractivity contribution < 1.29 is 9.90 Å². The molecule has 0 fully saturated rings. The molecular formula is C14H20N2O2. The number of aliphatic hydroxyl groups excluding tert-OH is 1. The molecule has 0 aromatic heterocycles. The van der Waals surface area contributed by atoms with Gasteiger partial charge in [-0.3, -0.25) is 4.79 Å². The predicted octanol–water partition coefficient (Wildman–Crippen LogP) is 1.41. The monoisotopic (exact) mass is 248 g/mol. The maximum absolute atomic E-state index is 11.6. The lowest BCUT2D eigenvalue weighted by Crippen LogP contribution is -2.31. The van der Waals surface area contributed by atoms with Gasteiger partial charge in [0.1, 0.15) is 0 Å². The summed E-state index contributed by atoms with van der Waals surface area (Å²) in [5.74, 6) is 0.184. The number of anilines is 2. The molecule has 1 amide bonds. The molecule has 1 aliphatic heterocycles. The molecule has 1 N–H and O–H groups in total. The largest absolute Gasteiger partial charge is 0.396 e. The number of rotatable bonds is 4. The van der Waals surface area contributed by atoms with Gasteiger partial charge in [-0.25, -0.2) is 0 Å². The SMILES string of the molecule is CN(CCCO)c1ccc2c(c1)CCC(=O)N2C. The molecule has 1 aromatic carbocycles. The number of amides is 1. The maximum atomic E-state index is 11.6. The Bertz CT molecular complexity index is 445. The van der Waals surface area contributed by atoms with Gasteiger partial charge in [0.15, 0.2) is 0 Å². The summed E-state index contributed by atoms with van der Waals surface area (Å²) < 4.78 is 0. The molecule has 0 unspecified atom stereocenters. The highest BCUT2D eigenvalue weighted by atomic mass is 16.3. The summed E-state index contributed by atoms with van der Waals surface area (Å²) in [6, 6.07) is 6.19. The first kappa shape index (κ1) is 12.9. The highest BCUT2D eigenvalue weighted by Gasteiger charge is 2.21. The number of carbonyl (C=O) groups is 1. The molecule has 18 heavy (non-hydrogen) atoms. The van der Waals surface area contributed by atoms with Gasteiger partial charge in [-0.05, 0) is 36.6 Å². The van der Waals surface area contributed by atoms with Crippen LogP contribution in [-0.4, -0.2) is 38.3 Å². The van der Waals surface area contributed by atoms with E-state index in [1.54, 1.807) is 4.90 Å². The van der Waals surface area contributed by atoms with Crippen LogP contribution in [-0.2, 0) is 11.2 Å². The number of hydrogen-bond acceptors (Lipinski definition) is 3. The van der Waals surface area contributed by atoms with Gasteiger partial charge in [0, 0.05) is 45.0 Å². The van der Waals surface area contributed by atoms with Crippen molar-refractivity contribution in [1.29, 1.82) is 0 Å². The lowest BCUT2D eigenvalue weighted by molar-refractivity contribution is -0.118. The van der Waals surface area contributed by atoms with Gasteiger partial charge in [-0.15, -0.1) is 0 Å². The van der Waals surface area contributed by atoms with Crippen molar-refractivity contribution in [3.05, 3.63) is 23.8 Å². The fourth-order valence-electron chi connectivity index (χ4n) is 2.32. The van der Waals surface area contributed by atoms with Crippen LogP contribution in [0.1, 0.15) is 18.4 Å². The lowest BCUT2D eigenvalue weighted by atomic mass is 10.0. The van der Waals surface area contributed by atoms with Gasteiger partial charge in [-0.1, -0.05) is 0 Å². The van der Waals surface area contributed by atoms with Gasteiger partial charge in [0.05, 0.1) is 0 Å². The van der Waals surface area contributed by atoms with Crippen LogP contribution in [0.5, 0.6) is 0 Å². The molecule has 0 aliphatic carbocycles. The molecule has 1 aliphatic rings. The van der Waals surface area contributed by atoms with Crippen molar-refractivity contribution in [3.8, 4) is 0 Å². The van der Waals surface area contributed by atoms with Crippen LogP contribution >= 0.6 is 0 Å². The van der Waals surface area contributed by atoms with E-state index in [1.807, 2.05) is 26.2 Å². The highest BCUT2D eigenvalue weighted by molar-refractivity contribution is 5.96. The molecule has 0 radical (unpaired) electrons. The first-order valence-electron chi connectivity index (χ1n) is 6.35. The van der Waals surface area contributed by atoms with Gasteiger partial charge >= 0.3 is 0 Å². The number of hydrogen-bond donors (Lipinski definition) is 1. The van der Waals surface area contributed by atoms with Crippen molar-refractivity contribution >= 4 is 17.3 Å². The number of carbonyl (C=O) groups excluding carboxylic acids is 1. The third-order valence-corrected chi connectivity index (χ3v) is 3.50. The number of fused-ring (bicyclic) bond motifs is 1. The van der Waals surface area contributed by atoms with Crippen LogP contribution in [0.4, 0.5) is 11.4 Å². The molecule has 0 spiro atoms. The smallest absolute Gasteiger partial charge is 0.227 e. The van der Waals surface area contributed by atoms with E-state index in [1.165, 1.54) is 5.56 Å². The molecule has 2 rings (SSSR count). The van der Waals surface area contributed by atoms with Crippen LogP contribution in [0.3, 0.4) is 0 Å². The third-order valence-electron chi connectivity index (χ3n) is 3.50. The van der Waals surface area contributed by atoms with E-state index in [-0.39, 0.29) is 12.5 Å². The zero-order chi connectivity index (χ0) is 13.1. The Balaban J connectivity index is 2.20. The number of nitrogens with zero attached hydrogens (tertiary/aromatic N) is 2. The van der Waals surface area contributed by atoms with E-state index < -0.39 is 0 Å². The van der Waals surface area contributed by atoms with Crippen LogP contribution in [0, 0.1) is 0 Å². The first-order valence-corrected chi connectivity index (χ1v) is 6.35. The molecule has 4 heteroatoms.